The topological polar surface area (TPSA) is 57.8 Å². The summed E-state index contributed by atoms with van der Waals surface area (Å²) in [6.45, 7) is 0. The number of carbonyl (C=O) groups excluding carboxylic acids is 1. The minimum absolute atomic E-state index is 0.248. The van der Waals surface area contributed by atoms with Gasteiger partial charge in [-0.3, -0.25) is 10.1 Å². The number of thiazole rings is 1. The van der Waals surface area contributed by atoms with Crippen molar-refractivity contribution in [3.63, 3.8) is 0 Å². The number of rotatable bonds is 4. The molecule has 0 aliphatic heterocycles. The highest BCUT2D eigenvalue weighted by atomic mass is 32.1. The van der Waals surface area contributed by atoms with E-state index < -0.39 is 0 Å². The number of aromatic nitrogens is 2. The number of pyridine rings is 1. The fourth-order valence-corrected chi connectivity index (χ4v) is 3.08. The quantitative estimate of drug-likeness (QED) is 0.711. The molecule has 22 heavy (non-hydrogen) atoms. The Morgan fingerprint density at radius 3 is 2.82 bits per heavy atom. The highest BCUT2D eigenvalue weighted by Gasteiger charge is 2.10. The second-order valence-corrected chi connectivity index (χ2v) is 6.18. The van der Waals surface area contributed by atoms with Crippen LogP contribution in [0.25, 0.3) is 0 Å². The van der Waals surface area contributed by atoms with E-state index in [1.54, 1.807) is 24.5 Å². The van der Waals surface area contributed by atoms with Crippen molar-refractivity contribution in [1.82, 2.24) is 9.97 Å². The summed E-state index contributed by atoms with van der Waals surface area (Å²) in [5.41, 5.74) is 1.66. The SMILES string of the molecule is O=C(Nc1ncc(Cc2ccccc2)s1)c1ccc[nH]c1=S. The molecule has 1 amide bonds. The van der Waals surface area contributed by atoms with Gasteiger partial charge in [-0.05, 0) is 17.7 Å². The molecule has 0 saturated heterocycles. The highest BCUT2D eigenvalue weighted by Crippen LogP contribution is 2.21. The molecule has 2 heterocycles. The fourth-order valence-electron chi connectivity index (χ4n) is 2.01. The maximum atomic E-state index is 12.2. The van der Waals surface area contributed by atoms with Crippen LogP contribution in [-0.2, 0) is 6.42 Å². The average Bonchev–Trinajstić information content (AvgIpc) is 2.95. The van der Waals surface area contributed by atoms with E-state index in [-0.39, 0.29) is 5.91 Å². The summed E-state index contributed by atoms with van der Waals surface area (Å²) >= 11 is 6.57. The Hall–Kier alpha value is -2.31. The van der Waals surface area contributed by atoms with Crippen LogP contribution >= 0.6 is 23.6 Å². The van der Waals surface area contributed by atoms with Crippen molar-refractivity contribution in [1.29, 1.82) is 0 Å². The molecule has 2 N–H and O–H groups in total. The first kappa shape index (κ1) is 14.6. The Kier molecular flexibility index (Phi) is 4.41. The van der Waals surface area contributed by atoms with Gasteiger partial charge in [0.05, 0.1) is 5.56 Å². The molecule has 0 radical (unpaired) electrons. The van der Waals surface area contributed by atoms with E-state index in [4.69, 9.17) is 12.2 Å². The molecule has 2 aromatic heterocycles. The lowest BCUT2D eigenvalue weighted by Crippen LogP contribution is -2.12. The number of aromatic amines is 1. The number of nitrogens with zero attached hydrogens (tertiary/aromatic N) is 1. The first-order valence-corrected chi connectivity index (χ1v) is 7.92. The van der Waals surface area contributed by atoms with E-state index in [9.17, 15) is 4.79 Å². The van der Waals surface area contributed by atoms with Crippen LogP contribution in [0.15, 0.2) is 54.9 Å². The van der Waals surface area contributed by atoms with Crippen molar-refractivity contribution in [2.45, 2.75) is 6.42 Å². The Morgan fingerprint density at radius 2 is 2.05 bits per heavy atom. The largest absolute Gasteiger partial charge is 0.352 e. The number of carbonyl (C=O) groups is 1. The third-order valence-corrected chi connectivity index (χ3v) is 4.31. The predicted octanol–water partition coefficient (Wildman–Crippen LogP) is 4.04. The Bertz CT molecular complexity index is 840. The lowest BCUT2D eigenvalue weighted by Gasteiger charge is -2.01. The van der Waals surface area contributed by atoms with Crippen LogP contribution in [0.5, 0.6) is 0 Å². The average molecular weight is 327 g/mol. The number of nitrogens with one attached hydrogen (secondary N) is 2. The van der Waals surface area contributed by atoms with Crippen LogP contribution in [0.3, 0.4) is 0 Å². The highest BCUT2D eigenvalue weighted by molar-refractivity contribution is 7.71. The van der Waals surface area contributed by atoms with Crippen LogP contribution in [0, 0.1) is 4.64 Å². The number of anilines is 1. The van der Waals surface area contributed by atoms with E-state index in [0.717, 1.165) is 11.3 Å². The third kappa shape index (κ3) is 3.47. The summed E-state index contributed by atoms with van der Waals surface area (Å²) in [5.74, 6) is -0.248. The molecule has 3 aromatic rings. The standard InChI is InChI=1S/C16H13N3OS2/c20-14(13-7-4-8-17-15(13)21)19-16-18-10-12(22-16)9-11-5-2-1-3-6-11/h1-8,10H,9H2,(H,17,21)(H,18,19,20). The van der Waals surface area contributed by atoms with Crippen LogP contribution in [-0.4, -0.2) is 15.9 Å². The van der Waals surface area contributed by atoms with Crippen LogP contribution in [0.4, 0.5) is 5.13 Å². The van der Waals surface area contributed by atoms with Crippen molar-refractivity contribution in [2.75, 3.05) is 5.32 Å². The van der Waals surface area contributed by atoms with Gasteiger partial charge in [0, 0.05) is 23.7 Å². The van der Waals surface area contributed by atoms with E-state index in [1.807, 2.05) is 18.2 Å². The second kappa shape index (κ2) is 6.64. The van der Waals surface area contributed by atoms with Crippen molar-refractivity contribution >= 4 is 34.6 Å². The molecule has 0 aliphatic rings. The van der Waals surface area contributed by atoms with Gasteiger partial charge in [-0.25, -0.2) is 4.98 Å². The van der Waals surface area contributed by atoms with Gasteiger partial charge in [-0.1, -0.05) is 42.5 Å². The molecule has 0 fully saturated rings. The smallest absolute Gasteiger partial charge is 0.260 e. The van der Waals surface area contributed by atoms with Gasteiger partial charge in [0.25, 0.3) is 5.91 Å². The summed E-state index contributed by atoms with van der Waals surface area (Å²) in [7, 11) is 0. The van der Waals surface area contributed by atoms with Gasteiger partial charge in [0.1, 0.15) is 4.64 Å². The lowest BCUT2D eigenvalue weighted by atomic mass is 10.1. The zero-order chi connectivity index (χ0) is 15.4. The Labute approximate surface area is 136 Å². The minimum atomic E-state index is -0.248. The molecule has 0 unspecified atom stereocenters. The van der Waals surface area contributed by atoms with Crippen LogP contribution in [0.1, 0.15) is 20.8 Å². The van der Waals surface area contributed by atoms with E-state index >= 15 is 0 Å². The zero-order valence-corrected chi connectivity index (χ0v) is 13.2. The van der Waals surface area contributed by atoms with E-state index in [1.165, 1.54) is 16.9 Å². The van der Waals surface area contributed by atoms with Crippen molar-refractivity contribution in [3.05, 3.63) is 75.5 Å². The number of benzene rings is 1. The summed E-state index contributed by atoms with van der Waals surface area (Å²) in [4.78, 5) is 20.4. The summed E-state index contributed by atoms with van der Waals surface area (Å²) in [5, 5.41) is 3.36. The van der Waals surface area contributed by atoms with Crippen molar-refractivity contribution in [2.24, 2.45) is 0 Å². The first-order chi connectivity index (χ1) is 10.7. The summed E-state index contributed by atoms with van der Waals surface area (Å²) < 4.78 is 0.418. The molecule has 0 spiro atoms. The Balaban J connectivity index is 1.71. The molecule has 110 valence electrons. The molecule has 0 aliphatic carbocycles. The maximum absolute atomic E-state index is 12.2. The third-order valence-electron chi connectivity index (χ3n) is 3.06. The maximum Gasteiger partial charge on any atom is 0.260 e. The molecule has 4 nitrogen and oxygen atoms in total. The molecular formula is C16H13N3OS2. The van der Waals surface area contributed by atoms with Crippen molar-refractivity contribution in [3.8, 4) is 0 Å². The van der Waals surface area contributed by atoms with Gasteiger partial charge < -0.3 is 4.98 Å². The Morgan fingerprint density at radius 1 is 1.23 bits per heavy atom. The molecule has 3 rings (SSSR count). The normalized spacial score (nSPS) is 10.4. The molecule has 0 bridgehead atoms. The summed E-state index contributed by atoms with van der Waals surface area (Å²) in [6, 6.07) is 13.6. The molecule has 0 atom stereocenters. The van der Waals surface area contributed by atoms with E-state index in [2.05, 4.69) is 27.4 Å². The minimum Gasteiger partial charge on any atom is -0.352 e. The van der Waals surface area contributed by atoms with Gasteiger partial charge in [-0.15, -0.1) is 11.3 Å². The number of H-pyrrole nitrogens is 1. The lowest BCUT2D eigenvalue weighted by molar-refractivity contribution is 0.102. The van der Waals surface area contributed by atoms with E-state index in [0.29, 0.717) is 15.3 Å². The van der Waals surface area contributed by atoms with Gasteiger partial charge >= 0.3 is 0 Å². The molecule has 6 heteroatoms. The van der Waals surface area contributed by atoms with Crippen molar-refractivity contribution < 1.29 is 4.79 Å². The fraction of sp³-hybridized carbons (Fsp3) is 0.0625. The number of amides is 1. The predicted molar refractivity (Wildman–Crippen MR) is 90.9 cm³/mol. The number of hydrogen-bond acceptors (Lipinski definition) is 4. The molecule has 1 aromatic carbocycles. The zero-order valence-electron chi connectivity index (χ0n) is 11.6. The van der Waals surface area contributed by atoms with Crippen LogP contribution in [0.2, 0.25) is 0 Å². The summed E-state index contributed by atoms with van der Waals surface area (Å²) in [6.07, 6.45) is 4.29. The second-order valence-electron chi connectivity index (χ2n) is 4.66. The van der Waals surface area contributed by atoms with Gasteiger partial charge in [0.2, 0.25) is 0 Å². The number of hydrogen-bond donors (Lipinski definition) is 2. The molecular weight excluding hydrogens is 314 g/mol. The molecule has 0 saturated carbocycles. The first-order valence-electron chi connectivity index (χ1n) is 6.70. The van der Waals surface area contributed by atoms with Crippen LogP contribution < -0.4 is 5.32 Å². The monoisotopic (exact) mass is 327 g/mol. The van der Waals surface area contributed by atoms with Gasteiger partial charge in [-0.2, -0.15) is 0 Å². The van der Waals surface area contributed by atoms with Gasteiger partial charge in [0.15, 0.2) is 5.13 Å².